The fourth-order valence-electron chi connectivity index (χ4n) is 9.04. The van der Waals surface area contributed by atoms with E-state index in [0.29, 0.717) is 77.6 Å². The quantitative estimate of drug-likeness (QED) is 0.0280. The molecule has 19 nitrogen and oxygen atoms in total. The molecule has 29 heteroatoms. The summed E-state index contributed by atoms with van der Waals surface area (Å²) >= 11 is 9.54. The summed E-state index contributed by atoms with van der Waals surface area (Å²) in [5.41, 5.74) is 0. The van der Waals surface area contributed by atoms with Gasteiger partial charge < -0.3 is 47.4 Å². The maximum absolute atomic E-state index is 11.8. The Hall–Kier alpha value is 3.84. The Labute approximate surface area is 582 Å². The predicted octanol–water partition coefficient (Wildman–Crippen LogP) is 5.12. The van der Waals surface area contributed by atoms with E-state index in [9.17, 15) is 47.7 Å². The van der Waals surface area contributed by atoms with Gasteiger partial charge in [0.2, 0.25) is 0 Å². The van der Waals surface area contributed by atoms with Gasteiger partial charge in [-0.25, -0.2) is 0 Å². The maximum Gasteiger partial charge on any atom is 0.306 e. The van der Waals surface area contributed by atoms with Crippen molar-refractivity contribution in [1.29, 1.82) is 0 Å². The number of rotatable bonds is 22. The topological polar surface area (TPSA) is 265 Å². The summed E-state index contributed by atoms with van der Waals surface area (Å²) in [6.45, 7) is 5.24. The van der Waals surface area contributed by atoms with Crippen LogP contribution in [-0.2, 0) is 85.2 Å². The number of unbranched alkanes of at least 4 members (excludes halogenated alkanes) is 4. The van der Waals surface area contributed by atoms with Gasteiger partial charge in [0.1, 0.15) is 54.9 Å². The molecule has 6 rings (SSSR count). The summed E-state index contributed by atoms with van der Waals surface area (Å²) < 4.78 is 50.9. The number of esters is 3. The first kappa shape index (κ1) is 82.3. The van der Waals surface area contributed by atoms with Gasteiger partial charge in [0.05, 0.1) is 25.2 Å². The number of ether oxygens (including phenoxy) is 6. The van der Waals surface area contributed by atoms with Gasteiger partial charge in [-0.05, 0) is 18.9 Å². The summed E-state index contributed by atoms with van der Waals surface area (Å²) in [5, 5.41) is 9.13. The average molecular weight is 1800 g/mol. The Morgan fingerprint density at radius 3 is 1.49 bits per heavy atom. The molecular formula is C43H64Ar3I6O19P-. The zero-order valence-electron chi connectivity index (χ0n) is 39.8. The Balaban J connectivity index is -0.000000413. The average Bonchev–Trinajstić information content (AvgIpc) is 4.15. The van der Waals surface area contributed by atoms with Crippen LogP contribution < -0.4 is 13.3 Å². The third kappa shape index (κ3) is 29.7. The fourth-order valence-corrected chi connectivity index (χ4v) is 10.0. The van der Waals surface area contributed by atoms with E-state index in [2.05, 4.69) is 97.4 Å². The molecule has 0 bridgehead atoms. The normalized spacial score (nSPS) is 27.4. The molecule has 3 saturated carbocycles. The molecule has 0 aromatic heterocycles. The number of aliphatic hydroxyl groups excluding tert-OH is 1. The van der Waals surface area contributed by atoms with Crippen LogP contribution in [0.25, 0.3) is 0 Å². The standard InChI is InChI=1S/C16H22O5.C9H12O5.C9H10O5.C9H19O4P.3Ar.I3.I2.HI/c1-2-3-4-5-11(18)6-7-12-13-8-16(19)21-15(13)9-14(12)20-10-17;2*10-3-6-5-1-9(12)14-8(5)2-7(6)13-4-11;1-4-5-6-7-9(10)8-14(11,12-2)13-3;;;;1-3-2;1-2;/h6-7,10,12-15H,2-5,8-9H2,1H3;4-8,10H,1-3H2;3-8H,1-2H2;4-8H2,1-3H3;;;;;;1H/q;;;;;;;-1;;/b7-6+;;;;;;;;;/t12-,13-,14-,15?;5-,6-,7-,8?;5-,6?,7-,8?;;;;;;;/m111......./s1. The number of aldehydes is 1. The predicted molar refractivity (Wildman–Crippen MR) is 290 cm³/mol. The van der Waals surface area contributed by atoms with E-state index in [1.165, 1.54) is 14.2 Å². The summed E-state index contributed by atoms with van der Waals surface area (Å²) in [6, 6.07) is 0. The van der Waals surface area contributed by atoms with Crippen molar-refractivity contribution in [3.63, 3.8) is 0 Å². The van der Waals surface area contributed by atoms with Crippen molar-refractivity contribution in [1.82, 2.24) is 0 Å². The van der Waals surface area contributed by atoms with Crippen molar-refractivity contribution in [2.24, 2.45) is 35.5 Å². The number of aliphatic hydroxyl groups is 1. The molecule has 0 aromatic carbocycles. The first-order valence-electron chi connectivity index (χ1n) is 22.0. The van der Waals surface area contributed by atoms with Gasteiger partial charge in [0.15, 0.2) is 5.78 Å². The van der Waals surface area contributed by atoms with Gasteiger partial charge in [-0.15, -0.1) is 24.0 Å². The van der Waals surface area contributed by atoms with Crippen LogP contribution in [0.4, 0.5) is 0 Å². The SMILES string of the molecule is CCCCCC(=O)/C=C/[C@H]1[C@H](OC=O)CC2OC(=O)C[C@@H]21.CCCCCC(=O)CP(=O)(OC)OC.I.II.I[I-]I.O=CO[C@@H]1CC2OC(=O)C[C@@H]2C1C=O.O=CO[C@@H]1CC2OC(=O)C[C@@H]2[C@H]1CO.[Ar].[Ar].[Ar]. The third-order valence-corrected chi connectivity index (χ3v) is 14.2. The largest absolute Gasteiger partial charge is 0.464 e. The molecule has 3 saturated heterocycles. The number of carbonyl (C=O) groups excluding carboxylic acids is 9. The molecule has 3 aliphatic heterocycles. The second-order valence-corrected chi connectivity index (χ2v) is 34.8. The van der Waals surface area contributed by atoms with Gasteiger partial charge in [-0.2, -0.15) is 0 Å². The summed E-state index contributed by atoms with van der Waals surface area (Å²) in [7, 11) is -0.545. The first-order valence-corrected chi connectivity index (χ1v) is 42.6. The van der Waals surface area contributed by atoms with Crippen molar-refractivity contribution in [2.45, 2.75) is 140 Å². The Bertz CT molecular complexity index is 1690. The molecule has 72 heavy (non-hydrogen) atoms. The molecule has 0 spiro atoms. The van der Waals surface area contributed by atoms with Crippen LogP contribution in [0, 0.1) is 149 Å². The fraction of sp³-hybridized carbons (Fsp3) is 0.744. The van der Waals surface area contributed by atoms with E-state index in [1.54, 1.807) is 12.2 Å². The van der Waals surface area contributed by atoms with Crippen LogP contribution in [-0.4, -0.2) is 124 Å². The van der Waals surface area contributed by atoms with Crippen LogP contribution in [0.15, 0.2) is 12.2 Å². The van der Waals surface area contributed by atoms with E-state index in [0.717, 1.165) is 44.8 Å². The third-order valence-electron chi connectivity index (χ3n) is 12.3. The smallest absolute Gasteiger partial charge is 0.306 e. The number of ketones is 2. The number of carbonyl (C=O) groups is 9. The maximum atomic E-state index is 11.8. The van der Waals surface area contributed by atoms with Gasteiger partial charge >= 0.3 is 76.0 Å². The minimum Gasteiger partial charge on any atom is -0.464 e. The summed E-state index contributed by atoms with van der Waals surface area (Å²) in [5.74, 6) is -1.39. The Kier molecular flexibility index (Phi) is 55.3. The minimum absolute atomic E-state index is 0. The van der Waals surface area contributed by atoms with Crippen molar-refractivity contribution < 1.29 is 217 Å². The van der Waals surface area contributed by atoms with Crippen molar-refractivity contribution in [2.75, 3.05) is 27.0 Å². The van der Waals surface area contributed by atoms with Gasteiger partial charge in [-0.1, -0.05) is 45.6 Å². The molecule has 6 fully saturated rings. The molecule has 3 heterocycles. The molecule has 4 unspecified atom stereocenters. The Morgan fingerprint density at radius 1 is 0.681 bits per heavy atom. The van der Waals surface area contributed by atoms with Gasteiger partial charge in [-0.3, -0.25) is 42.9 Å². The van der Waals surface area contributed by atoms with E-state index in [1.807, 2.05) is 0 Å². The molecular weight excluding hydrogens is 1730 g/mol. The van der Waals surface area contributed by atoms with Gasteiger partial charge in [0.25, 0.3) is 19.4 Å². The molecule has 0 radical (unpaired) electrons. The molecule has 422 valence electrons. The van der Waals surface area contributed by atoms with E-state index >= 15 is 0 Å². The summed E-state index contributed by atoms with van der Waals surface area (Å²) in [4.78, 5) is 98.1. The first-order chi connectivity index (χ1) is 32.7. The number of halogens is 6. The molecule has 6 aliphatic rings. The van der Waals surface area contributed by atoms with Crippen molar-refractivity contribution in [3.05, 3.63) is 12.2 Å². The molecule has 3 aliphatic carbocycles. The Morgan fingerprint density at radius 2 is 1.07 bits per heavy atom. The summed E-state index contributed by atoms with van der Waals surface area (Å²) in [6.07, 6.45) is 11.8. The minimum atomic E-state index is -3.14. The van der Waals surface area contributed by atoms with Crippen LogP contribution >= 0.6 is 106 Å². The van der Waals surface area contributed by atoms with Crippen LogP contribution in [0.1, 0.15) is 104 Å². The molecule has 1 N–H and O–H groups in total. The number of allylic oxidation sites excluding steroid dienone is 1. The number of hydrogen-bond donors (Lipinski definition) is 1. The zero-order chi connectivity index (χ0) is 51.2. The number of Topliss-reactive ketones (excluding diaryl/α,β-unsaturated/α-hetero) is 1. The monoisotopic (exact) mass is 1800 g/mol. The van der Waals surface area contributed by atoms with Crippen molar-refractivity contribution in [3.8, 4) is 0 Å². The van der Waals surface area contributed by atoms with E-state index in [4.69, 9.17) is 33.5 Å². The van der Waals surface area contributed by atoms with Gasteiger partial charge in [0, 0.05) is 233 Å². The number of hydrogen-bond acceptors (Lipinski definition) is 19. The van der Waals surface area contributed by atoms with Crippen LogP contribution in [0.5, 0.6) is 0 Å². The second-order valence-electron chi connectivity index (χ2n) is 16.3. The van der Waals surface area contributed by atoms with E-state index < -0.39 is 19.6 Å². The molecule has 12 atom stereocenters. The molecule has 0 aromatic rings. The van der Waals surface area contributed by atoms with E-state index in [-0.39, 0.29) is 246 Å². The van der Waals surface area contributed by atoms with Crippen LogP contribution in [0.3, 0.4) is 0 Å². The zero-order valence-corrected chi connectivity index (χ0v) is 55.9. The number of fused-ring (bicyclic) bond motifs is 3. The van der Waals surface area contributed by atoms with Crippen molar-refractivity contribution >= 4 is 161 Å². The van der Waals surface area contributed by atoms with Crippen LogP contribution in [0.2, 0.25) is 0 Å². The molecule has 0 amide bonds. The second kappa shape index (κ2) is 48.4.